The Kier molecular flexibility index (Phi) is 8.51. The lowest BCUT2D eigenvalue weighted by Gasteiger charge is -2.28. The molecule has 0 bridgehead atoms. The van der Waals surface area contributed by atoms with Gasteiger partial charge in [-0.25, -0.2) is 9.78 Å². The second-order valence-corrected chi connectivity index (χ2v) is 8.72. The first-order chi connectivity index (χ1) is 15.4. The third-order valence-electron chi connectivity index (χ3n) is 5.85. The van der Waals surface area contributed by atoms with Crippen molar-refractivity contribution in [3.63, 3.8) is 0 Å². The first-order valence-electron chi connectivity index (χ1n) is 11.8. The summed E-state index contributed by atoms with van der Waals surface area (Å²) in [4.78, 5) is 22.1. The van der Waals surface area contributed by atoms with Gasteiger partial charge in [-0.15, -0.1) is 0 Å². The number of esters is 1. The van der Waals surface area contributed by atoms with E-state index < -0.39 is 0 Å². The summed E-state index contributed by atoms with van der Waals surface area (Å²) in [7, 11) is 0. The van der Waals surface area contributed by atoms with Crippen molar-refractivity contribution < 1.29 is 14.3 Å². The van der Waals surface area contributed by atoms with Gasteiger partial charge < -0.3 is 14.4 Å². The summed E-state index contributed by atoms with van der Waals surface area (Å²) < 4.78 is 11.2. The normalized spacial score (nSPS) is 16.1. The number of nitrogens with zero attached hydrogens (tertiary/aromatic N) is 3. The zero-order chi connectivity index (χ0) is 23.1. The average Bonchev–Trinajstić information content (AvgIpc) is 3.26. The van der Waals surface area contributed by atoms with Crippen molar-refractivity contribution in [1.82, 2.24) is 9.88 Å². The standard InChI is InChI=1S/C26H37N3O3/c1-6-16-31-23-10-8-21(9-11-23)17-28(7-2)22-13-15-29(18-22)25-24(20(5)12-14-27-25)26(30)32-19(3)4/h8-12,14,19,22H,6-7,13,15-18H2,1-5H3. The molecule has 0 spiro atoms. The van der Waals surface area contributed by atoms with Gasteiger partial charge in [0.1, 0.15) is 17.1 Å². The van der Waals surface area contributed by atoms with Gasteiger partial charge in [0.2, 0.25) is 0 Å². The Labute approximate surface area is 192 Å². The van der Waals surface area contributed by atoms with Gasteiger partial charge in [-0.05, 0) is 69.5 Å². The molecule has 2 aromatic rings. The van der Waals surface area contributed by atoms with Crippen LogP contribution in [0, 0.1) is 6.92 Å². The van der Waals surface area contributed by atoms with Gasteiger partial charge >= 0.3 is 5.97 Å². The van der Waals surface area contributed by atoms with Crippen LogP contribution >= 0.6 is 0 Å². The van der Waals surface area contributed by atoms with E-state index in [1.54, 1.807) is 6.20 Å². The topological polar surface area (TPSA) is 54.9 Å². The predicted molar refractivity (Wildman–Crippen MR) is 128 cm³/mol. The minimum Gasteiger partial charge on any atom is -0.494 e. The zero-order valence-electron chi connectivity index (χ0n) is 20.1. The maximum absolute atomic E-state index is 12.7. The van der Waals surface area contributed by atoms with Crippen molar-refractivity contribution in [2.75, 3.05) is 31.1 Å². The fraction of sp³-hybridized carbons (Fsp3) is 0.538. The van der Waals surface area contributed by atoms with E-state index in [-0.39, 0.29) is 12.1 Å². The molecule has 6 heteroatoms. The molecule has 2 heterocycles. The molecule has 1 aliphatic heterocycles. The average molecular weight is 440 g/mol. The molecule has 0 amide bonds. The molecule has 0 N–H and O–H groups in total. The van der Waals surface area contributed by atoms with E-state index >= 15 is 0 Å². The number of ether oxygens (including phenoxy) is 2. The van der Waals surface area contributed by atoms with E-state index in [4.69, 9.17) is 9.47 Å². The second kappa shape index (κ2) is 11.3. The van der Waals surface area contributed by atoms with E-state index in [9.17, 15) is 4.79 Å². The number of benzene rings is 1. The Morgan fingerprint density at radius 3 is 2.62 bits per heavy atom. The first kappa shape index (κ1) is 24.1. The Morgan fingerprint density at radius 2 is 1.97 bits per heavy atom. The molecule has 3 rings (SSSR count). The maximum atomic E-state index is 12.7. The summed E-state index contributed by atoms with van der Waals surface area (Å²) in [5.41, 5.74) is 2.78. The van der Waals surface area contributed by atoms with Gasteiger partial charge in [-0.2, -0.15) is 0 Å². The number of likely N-dealkylation sites (N-methyl/N-ethyl adjacent to an activating group) is 1. The van der Waals surface area contributed by atoms with Crippen molar-refractivity contribution in [1.29, 1.82) is 0 Å². The lowest BCUT2D eigenvalue weighted by atomic mass is 10.1. The number of hydrogen-bond donors (Lipinski definition) is 0. The van der Waals surface area contributed by atoms with Crippen LogP contribution in [0.2, 0.25) is 0 Å². The van der Waals surface area contributed by atoms with Crippen molar-refractivity contribution in [2.45, 2.75) is 66.2 Å². The highest BCUT2D eigenvalue weighted by atomic mass is 16.5. The molecule has 1 aromatic carbocycles. The summed E-state index contributed by atoms with van der Waals surface area (Å²) in [5.74, 6) is 1.38. The fourth-order valence-corrected chi connectivity index (χ4v) is 4.19. The molecule has 1 aromatic heterocycles. The Hall–Kier alpha value is -2.60. The molecular formula is C26H37N3O3. The maximum Gasteiger partial charge on any atom is 0.342 e. The summed E-state index contributed by atoms with van der Waals surface area (Å²) in [6.07, 6.45) is 3.68. The monoisotopic (exact) mass is 439 g/mol. The number of carbonyl (C=O) groups excluding carboxylic acids is 1. The van der Waals surface area contributed by atoms with Crippen LogP contribution in [0.4, 0.5) is 5.82 Å². The minimum absolute atomic E-state index is 0.157. The number of aromatic nitrogens is 1. The van der Waals surface area contributed by atoms with E-state index in [1.165, 1.54) is 5.56 Å². The molecule has 1 saturated heterocycles. The number of hydrogen-bond acceptors (Lipinski definition) is 6. The number of aryl methyl sites for hydroxylation is 1. The fourth-order valence-electron chi connectivity index (χ4n) is 4.19. The SMILES string of the molecule is CCCOc1ccc(CN(CC)C2CCN(c3nccc(C)c3C(=O)OC(C)C)C2)cc1. The van der Waals surface area contributed by atoms with Crippen molar-refractivity contribution in [3.05, 3.63) is 53.2 Å². The number of pyridine rings is 1. The quantitative estimate of drug-likeness (QED) is 0.494. The van der Waals surface area contributed by atoms with E-state index in [0.29, 0.717) is 11.6 Å². The van der Waals surface area contributed by atoms with Crippen LogP contribution in [0.5, 0.6) is 5.75 Å². The van der Waals surface area contributed by atoms with Gasteiger partial charge in [-0.1, -0.05) is 26.0 Å². The number of carbonyl (C=O) groups is 1. The molecule has 0 saturated carbocycles. The lowest BCUT2D eigenvalue weighted by Crippen LogP contribution is -2.37. The van der Waals surface area contributed by atoms with Crippen LogP contribution in [0.3, 0.4) is 0 Å². The third kappa shape index (κ3) is 6.00. The van der Waals surface area contributed by atoms with Gasteiger partial charge in [0.05, 0.1) is 12.7 Å². The second-order valence-electron chi connectivity index (χ2n) is 8.72. The van der Waals surface area contributed by atoms with E-state index in [2.05, 4.69) is 52.9 Å². The van der Waals surface area contributed by atoms with Crippen LogP contribution in [-0.2, 0) is 11.3 Å². The molecule has 6 nitrogen and oxygen atoms in total. The molecular weight excluding hydrogens is 402 g/mol. The van der Waals surface area contributed by atoms with Gasteiger partial charge in [0.15, 0.2) is 0 Å². The third-order valence-corrected chi connectivity index (χ3v) is 5.85. The number of rotatable bonds is 10. The van der Waals surface area contributed by atoms with Crippen LogP contribution < -0.4 is 9.64 Å². The van der Waals surface area contributed by atoms with Crippen LogP contribution in [0.15, 0.2) is 36.5 Å². The van der Waals surface area contributed by atoms with Gasteiger partial charge in [0.25, 0.3) is 0 Å². The molecule has 174 valence electrons. The van der Waals surface area contributed by atoms with Crippen LogP contribution in [0.25, 0.3) is 0 Å². The van der Waals surface area contributed by atoms with Crippen molar-refractivity contribution in [3.8, 4) is 5.75 Å². The molecule has 1 aliphatic rings. The van der Waals surface area contributed by atoms with Crippen molar-refractivity contribution >= 4 is 11.8 Å². The highest BCUT2D eigenvalue weighted by Crippen LogP contribution is 2.28. The summed E-state index contributed by atoms with van der Waals surface area (Å²) in [6.45, 7) is 14.3. The highest BCUT2D eigenvalue weighted by molar-refractivity contribution is 5.96. The molecule has 32 heavy (non-hydrogen) atoms. The van der Waals surface area contributed by atoms with Crippen molar-refractivity contribution in [2.24, 2.45) is 0 Å². The van der Waals surface area contributed by atoms with E-state index in [0.717, 1.165) is 62.8 Å². The molecule has 1 unspecified atom stereocenters. The van der Waals surface area contributed by atoms with Gasteiger partial charge in [0, 0.05) is 31.9 Å². The molecule has 1 atom stereocenters. The summed E-state index contributed by atoms with van der Waals surface area (Å²) in [6, 6.07) is 10.7. The first-order valence-corrected chi connectivity index (χ1v) is 11.8. The molecule has 0 radical (unpaired) electrons. The molecule has 0 aliphatic carbocycles. The predicted octanol–water partition coefficient (Wildman–Crippen LogP) is 4.84. The lowest BCUT2D eigenvalue weighted by molar-refractivity contribution is 0.0377. The van der Waals surface area contributed by atoms with Gasteiger partial charge in [-0.3, -0.25) is 4.90 Å². The Morgan fingerprint density at radius 1 is 1.22 bits per heavy atom. The summed E-state index contributed by atoms with van der Waals surface area (Å²) in [5, 5.41) is 0. The molecule has 1 fully saturated rings. The Bertz CT molecular complexity index is 882. The van der Waals surface area contributed by atoms with E-state index in [1.807, 2.05) is 26.8 Å². The smallest absolute Gasteiger partial charge is 0.342 e. The highest BCUT2D eigenvalue weighted by Gasteiger charge is 2.31. The zero-order valence-corrected chi connectivity index (χ0v) is 20.1. The largest absolute Gasteiger partial charge is 0.494 e. The van der Waals surface area contributed by atoms with Crippen LogP contribution in [-0.4, -0.2) is 54.2 Å². The summed E-state index contributed by atoms with van der Waals surface area (Å²) >= 11 is 0. The van der Waals surface area contributed by atoms with Crippen LogP contribution in [0.1, 0.15) is 62.0 Å². The number of anilines is 1. The Balaban J connectivity index is 1.69. The minimum atomic E-state index is -0.290.